The molecule has 0 aliphatic carbocycles. The number of rotatable bonds is 3. The predicted molar refractivity (Wildman–Crippen MR) is 77.7 cm³/mol. The van der Waals surface area contributed by atoms with E-state index in [4.69, 9.17) is 40.5 Å². The van der Waals surface area contributed by atoms with E-state index in [0.717, 1.165) is 0 Å². The first-order chi connectivity index (χ1) is 8.97. The molecule has 3 N–H and O–H groups in total. The van der Waals surface area contributed by atoms with Crippen molar-refractivity contribution < 1.29 is 0 Å². The van der Waals surface area contributed by atoms with Crippen LogP contribution in [0.25, 0.3) is 0 Å². The molecular weight excluding hydrogens is 309 g/mol. The van der Waals surface area contributed by atoms with Crippen LogP contribution in [0.2, 0.25) is 15.3 Å². The first-order valence-electron chi connectivity index (χ1n) is 5.33. The minimum Gasteiger partial charge on any atom is -0.394 e. The molecule has 19 heavy (non-hydrogen) atoms. The molecule has 0 bridgehead atoms. The molecule has 2 heterocycles. The molecular formula is C11H10Cl3N5. The van der Waals surface area contributed by atoms with Crippen LogP contribution in [0.4, 0.5) is 11.5 Å². The van der Waals surface area contributed by atoms with Gasteiger partial charge in [0.25, 0.3) is 0 Å². The normalized spacial score (nSPS) is 12.2. The molecule has 1 atom stereocenters. The zero-order valence-electron chi connectivity index (χ0n) is 9.86. The summed E-state index contributed by atoms with van der Waals surface area (Å²) in [6.07, 6.45) is 2.96. The first-order valence-corrected chi connectivity index (χ1v) is 6.46. The predicted octanol–water partition coefficient (Wildman–Crippen LogP) is 3.59. The highest BCUT2D eigenvalue weighted by atomic mass is 35.5. The van der Waals surface area contributed by atoms with Gasteiger partial charge in [-0.3, -0.25) is 4.98 Å². The van der Waals surface area contributed by atoms with Crippen LogP contribution in [-0.4, -0.2) is 15.0 Å². The Bertz CT molecular complexity index is 605. The molecule has 8 heteroatoms. The van der Waals surface area contributed by atoms with Gasteiger partial charge < -0.3 is 11.1 Å². The number of hydrogen-bond acceptors (Lipinski definition) is 5. The molecule has 0 aliphatic heterocycles. The molecule has 0 aliphatic rings. The van der Waals surface area contributed by atoms with E-state index in [0.29, 0.717) is 27.2 Å². The summed E-state index contributed by atoms with van der Waals surface area (Å²) >= 11 is 17.6. The first kappa shape index (κ1) is 14.1. The van der Waals surface area contributed by atoms with Gasteiger partial charge in [-0.05, 0) is 24.6 Å². The van der Waals surface area contributed by atoms with Crippen molar-refractivity contribution >= 4 is 46.3 Å². The molecule has 2 rings (SSSR count). The smallest absolute Gasteiger partial charge is 0.224 e. The third-order valence-corrected chi connectivity index (χ3v) is 3.08. The highest BCUT2D eigenvalue weighted by Crippen LogP contribution is 2.27. The van der Waals surface area contributed by atoms with Crippen LogP contribution in [0.1, 0.15) is 18.7 Å². The Labute approximate surface area is 125 Å². The zero-order chi connectivity index (χ0) is 14.0. The van der Waals surface area contributed by atoms with E-state index in [1.807, 2.05) is 6.92 Å². The summed E-state index contributed by atoms with van der Waals surface area (Å²) in [6.45, 7) is 1.87. The van der Waals surface area contributed by atoms with Crippen LogP contribution < -0.4 is 11.1 Å². The summed E-state index contributed by atoms with van der Waals surface area (Å²) in [4.78, 5) is 12.0. The fourth-order valence-electron chi connectivity index (χ4n) is 1.50. The minimum atomic E-state index is -0.210. The Morgan fingerprint density at radius 1 is 1.21 bits per heavy atom. The van der Waals surface area contributed by atoms with Crippen molar-refractivity contribution in [3.63, 3.8) is 0 Å². The van der Waals surface area contributed by atoms with Crippen LogP contribution in [0, 0.1) is 0 Å². The lowest BCUT2D eigenvalue weighted by Crippen LogP contribution is -2.12. The summed E-state index contributed by atoms with van der Waals surface area (Å²) in [5, 5.41) is 4.13. The molecule has 0 radical (unpaired) electrons. The third kappa shape index (κ3) is 3.37. The molecule has 0 amide bonds. The number of nitrogens with one attached hydrogen (secondary N) is 1. The Balaban J connectivity index is 2.25. The van der Waals surface area contributed by atoms with Crippen LogP contribution >= 0.6 is 34.8 Å². The van der Waals surface area contributed by atoms with E-state index in [1.165, 1.54) is 12.4 Å². The largest absolute Gasteiger partial charge is 0.394 e. The van der Waals surface area contributed by atoms with Crippen LogP contribution in [0.3, 0.4) is 0 Å². The monoisotopic (exact) mass is 317 g/mol. The van der Waals surface area contributed by atoms with Crippen molar-refractivity contribution in [3.8, 4) is 0 Å². The fraction of sp³-hybridized carbons (Fsp3) is 0.182. The Morgan fingerprint density at radius 3 is 2.63 bits per heavy atom. The maximum atomic E-state index is 6.08. The summed E-state index contributed by atoms with van der Waals surface area (Å²) < 4.78 is 0. The van der Waals surface area contributed by atoms with Gasteiger partial charge in [0.15, 0.2) is 5.82 Å². The Morgan fingerprint density at radius 2 is 1.95 bits per heavy atom. The number of nitrogen functional groups attached to an aromatic ring is 1. The number of pyridine rings is 1. The fourth-order valence-corrected chi connectivity index (χ4v) is 2.18. The van der Waals surface area contributed by atoms with Gasteiger partial charge in [0.1, 0.15) is 0 Å². The van der Waals surface area contributed by atoms with Crippen molar-refractivity contribution in [2.75, 3.05) is 11.1 Å². The number of aromatic nitrogens is 3. The molecule has 0 spiro atoms. The van der Waals surface area contributed by atoms with Crippen molar-refractivity contribution in [1.82, 2.24) is 15.0 Å². The second-order valence-corrected chi connectivity index (χ2v) is 5.01. The van der Waals surface area contributed by atoms with E-state index in [2.05, 4.69) is 20.3 Å². The molecule has 100 valence electrons. The van der Waals surface area contributed by atoms with Gasteiger partial charge >= 0.3 is 0 Å². The average Bonchev–Trinajstić information content (AvgIpc) is 2.33. The number of nitrogens with two attached hydrogens (primary N) is 1. The quantitative estimate of drug-likeness (QED) is 0.846. The molecule has 0 saturated heterocycles. The molecule has 2 aromatic rings. The average molecular weight is 319 g/mol. The van der Waals surface area contributed by atoms with Crippen LogP contribution in [-0.2, 0) is 0 Å². The molecule has 0 unspecified atom stereocenters. The lowest BCUT2D eigenvalue weighted by Gasteiger charge is -2.16. The Kier molecular flexibility index (Phi) is 4.29. The molecule has 5 nitrogen and oxygen atoms in total. The van der Waals surface area contributed by atoms with Crippen molar-refractivity contribution in [2.24, 2.45) is 0 Å². The van der Waals surface area contributed by atoms with Crippen molar-refractivity contribution in [3.05, 3.63) is 39.5 Å². The highest BCUT2D eigenvalue weighted by Gasteiger charge is 2.14. The molecule has 0 aromatic carbocycles. The SMILES string of the molecule is C[C@@H](Nc1nc(Cl)ncc1N)c1ncc(Cl)cc1Cl. The molecule has 0 fully saturated rings. The van der Waals surface area contributed by atoms with Gasteiger partial charge in [-0.2, -0.15) is 4.98 Å². The van der Waals surface area contributed by atoms with E-state index in [9.17, 15) is 0 Å². The summed E-state index contributed by atoms with van der Waals surface area (Å²) in [6, 6.07) is 1.41. The number of nitrogens with zero attached hydrogens (tertiary/aromatic N) is 3. The maximum Gasteiger partial charge on any atom is 0.224 e. The van der Waals surface area contributed by atoms with Crippen molar-refractivity contribution in [1.29, 1.82) is 0 Å². The van der Waals surface area contributed by atoms with E-state index >= 15 is 0 Å². The number of anilines is 2. The zero-order valence-corrected chi connectivity index (χ0v) is 12.1. The van der Waals surface area contributed by atoms with Gasteiger partial charge in [0.05, 0.1) is 33.7 Å². The van der Waals surface area contributed by atoms with E-state index in [1.54, 1.807) is 6.07 Å². The Hall–Kier alpha value is -1.30. The topological polar surface area (TPSA) is 76.7 Å². The standard InChI is InChI=1S/C11H10Cl3N5/c1-5(9-7(13)2-6(12)3-16-9)18-10-8(15)4-17-11(14)19-10/h2-5H,15H2,1H3,(H,17,18,19)/t5-/m1/s1. The molecule has 0 saturated carbocycles. The number of hydrogen-bond donors (Lipinski definition) is 2. The lowest BCUT2D eigenvalue weighted by molar-refractivity contribution is 0.831. The van der Waals surface area contributed by atoms with Crippen LogP contribution in [0.15, 0.2) is 18.5 Å². The van der Waals surface area contributed by atoms with Gasteiger partial charge in [0, 0.05) is 6.20 Å². The minimum absolute atomic E-state index is 0.110. The summed E-state index contributed by atoms with van der Waals surface area (Å²) in [5.41, 5.74) is 6.79. The van der Waals surface area contributed by atoms with E-state index < -0.39 is 0 Å². The van der Waals surface area contributed by atoms with Gasteiger partial charge in [-0.25, -0.2) is 4.98 Å². The summed E-state index contributed by atoms with van der Waals surface area (Å²) in [7, 11) is 0. The number of halogens is 3. The van der Waals surface area contributed by atoms with Crippen LogP contribution in [0.5, 0.6) is 0 Å². The lowest BCUT2D eigenvalue weighted by atomic mass is 10.2. The maximum absolute atomic E-state index is 6.08. The second-order valence-electron chi connectivity index (χ2n) is 3.83. The van der Waals surface area contributed by atoms with E-state index in [-0.39, 0.29) is 11.3 Å². The third-order valence-electron chi connectivity index (χ3n) is 2.39. The summed E-state index contributed by atoms with van der Waals surface area (Å²) in [5.74, 6) is 0.431. The van der Waals surface area contributed by atoms with Gasteiger partial charge in [-0.1, -0.05) is 23.2 Å². The second kappa shape index (κ2) is 5.77. The van der Waals surface area contributed by atoms with Crippen molar-refractivity contribution in [2.45, 2.75) is 13.0 Å². The van der Waals surface area contributed by atoms with Gasteiger partial charge in [-0.15, -0.1) is 0 Å². The van der Waals surface area contributed by atoms with Gasteiger partial charge in [0.2, 0.25) is 5.28 Å². The molecule has 2 aromatic heterocycles. The highest BCUT2D eigenvalue weighted by molar-refractivity contribution is 6.34.